The van der Waals surface area contributed by atoms with E-state index in [4.69, 9.17) is 0 Å². The van der Waals surface area contributed by atoms with Crippen LogP contribution in [0.2, 0.25) is 0 Å². The maximum atomic E-state index is 12.2. The summed E-state index contributed by atoms with van der Waals surface area (Å²) < 4.78 is 0. The van der Waals surface area contributed by atoms with Gasteiger partial charge in [-0.1, -0.05) is 42.5 Å². The first-order valence-electron chi connectivity index (χ1n) is 8.16. The van der Waals surface area contributed by atoms with Crippen LogP contribution in [0.1, 0.15) is 18.9 Å². The third-order valence-corrected chi connectivity index (χ3v) is 4.00. The van der Waals surface area contributed by atoms with Crippen LogP contribution in [0.15, 0.2) is 54.6 Å². The van der Waals surface area contributed by atoms with Crippen LogP contribution in [-0.4, -0.2) is 33.5 Å². The molecule has 1 aromatic heterocycles. The zero-order chi connectivity index (χ0) is 17.6. The lowest BCUT2D eigenvalue weighted by molar-refractivity contribution is -0.129. The molecule has 0 saturated heterocycles. The summed E-state index contributed by atoms with van der Waals surface area (Å²) in [6.45, 7) is 2.37. The Hall–Kier alpha value is -3.15. The third kappa shape index (κ3) is 4.23. The van der Waals surface area contributed by atoms with Gasteiger partial charge in [-0.15, -0.1) is 0 Å². The number of nitrogens with zero attached hydrogens (tertiary/aromatic N) is 2. The molecule has 0 spiro atoms. The lowest BCUT2D eigenvalue weighted by Gasteiger charge is -2.20. The van der Waals surface area contributed by atoms with Gasteiger partial charge in [0.15, 0.2) is 5.82 Å². The van der Waals surface area contributed by atoms with Crippen LogP contribution >= 0.6 is 0 Å². The summed E-state index contributed by atoms with van der Waals surface area (Å²) in [5, 5.41) is 10.7. The lowest BCUT2D eigenvalue weighted by Crippen LogP contribution is -2.31. The normalized spacial score (nSPS) is 10.6. The summed E-state index contributed by atoms with van der Waals surface area (Å²) >= 11 is 0. The standard InChI is InChI=1S/C19H20N4O2/c1-14(24)23(13-15-7-3-2-4-8-15)12-11-18(25)20-19-16-9-5-6-10-17(16)21-22-19/h2-10H,11-13H2,1H3,(H2,20,21,22,25). The van der Waals surface area contributed by atoms with Crippen LogP contribution in [0.3, 0.4) is 0 Å². The second kappa shape index (κ2) is 7.61. The van der Waals surface area contributed by atoms with Gasteiger partial charge in [0.1, 0.15) is 0 Å². The molecule has 0 aliphatic carbocycles. The van der Waals surface area contributed by atoms with Crippen molar-refractivity contribution in [2.45, 2.75) is 19.9 Å². The van der Waals surface area contributed by atoms with Crippen molar-refractivity contribution in [3.05, 3.63) is 60.2 Å². The van der Waals surface area contributed by atoms with Gasteiger partial charge in [0.2, 0.25) is 11.8 Å². The van der Waals surface area contributed by atoms with Gasteiger partial charge in [0, 0.05) is 31.8 Å². The quantitative estimate of drug-likeness (QED) is 0.726. The maximum absolute atomic E-state index is 12.2. The van der Waals surface area contributed by atoms with E-state index in [9.17, 15) is 9.59 Å². The fourth-order valence-corrected chi connectivity index (χ4v) is 2.64. The van der Waals surface area contributed by atoms with Crippen molar-refractivity contribution in [1.82, 2.24) is 15.1 Å². The maximum Gasteiger partial charge on any atom is 0.227 e. The Labute approximate surface area is 145 Å². The van der Waals surface area contributed by atoms with Gasteiger partial charge < -0.3 is 10.2 Å². The summed E-state index contributed by atoms with van der Waals surface area (Å²) in [6, 6.07) is 17.3. The Balaban J connectivity index is 1.59. The summed E-state index contributed by atoms with van der Waals surface area (Å²) in [4.78, 5) is 25.7. The number of hydrogen-bond donors (Lipinski definition) is 2. The van der Waals surface area contributed by atoms with Crippen molar-refractivity contribution >= 4 is 28.5 Å². The topological polar surface area (TPSA) is 78.1 Å². The molecule has 0 aliphatic heterocycles. The number of hydrogen-bond acceptors (Lipinski definition) is 3. The molecule has 2 amide bonds. The molecule has 2 aromatic carbocycles. The molecule has 3 rings (SSSR count). The van der Waals surface area contributed by atoms with Gasteiger partial charge in [-0.05, 0) is 17.7 Å². The smallest absolute Gasteiger partial charge is 0.227 e. The average Bonchev–Trinajstić information content (AvgIpc) is 3.02. The number of carbonyl (C=O) groups is 2. The number of benzene rings is 2. The van der Waals surface area contributed by atoms with Crippen LogP contribution in [0.5, 0.6) is 0 Å². The highest BCUT2D eigenvalue weighted by molar-refractivity contribution is 5.99. The van der Waals surface area contributed by atoms with Gasteiger partial charge in [0.25, 0.3) is 0 Å². The second-order valence-corrected chi connectivity index (χ2v) is 5.84. The summed E-state index contributed by atoms with van der Waals surface area (Å²) in [5.74, 6) is 0.288. The fourth-order valence-electron chi connectivity index (χ4n) is 2.64. The van der Waals surface area contributed by atoms with Crippen molar-refractivity contribution in [3.8, 4) is 0 Å². The number of aromatic amines is 1. The zero-order valence-corrected chi connectivity index (χ0v) is 14.0. The number of amides is 2. The van der Waals surface area contributed by atoms with Crippen molar-refractivity contribution in [2.75, 3.05) is 11.9 Å². The summed E-state index contributed by atoms with van der Waals surface area (Å²) in [7, 11) is 0. The molecular formula is C19H20N4O2. The average molecular weight is 336 g/mol. The van der Waals surface area contributed by atoms with Crippen molar-refractivity contribution in [3.63, 3.8) is 0 Å². The van der Waals surface area contributed by atoms with E-state index in [1.807, 2.05) is 54.6 Å². The number of carbonyl (C=O) groups excluding carboxylic acids is 2. The van der Waals surface area contributed by atoms with Gasteiger partial charge in [-0.2, -0.15) is 5.10 Å². The number of rotatable bonds is 6. The molecule has 1 heterocycles. The van der Waals surface area contributed by atoms with E-state index in [-0.39, 0.29) is 18.2 Å². The third-order valence-electron chi connectivity index (χ3n) is 4.00. The molecule has 6 nitrogen and oxygen atoms in total. The molecule has 0 unspecified atom stereocenters. The number of aromatic nitrogens is 2. The van der Waals surface area contributed by atoms with E-state index < -0.39 is 0 Å². The van der Waals surface area contributed by atoms with Crippen LogP contribution in [0.25, 0.3) is 10.9 Å². The number of H-pyrrole nitrogens is 1. The van der Waals surface area contributed by atoms with Crippen molar-refractivity contribution < 1.29 is 9.59 Å². The monoisotopic (exact) mass is 336 g/mol. The number of fused-ring (bicyclic) bond motifs is 1. The molecule has 0 bridgehead atoms. The predicted octanol–water partition coefficient (Wildman–Crippen LogP) is 2.94. The zero-order valence-electron chi connectivity index (χ0n) is 14.0. The Morgan fingerprint density at radius 1 is 1.08 bits per heavy atom. The Bertz CT molecular complexity index is 873. The Morgan fingerprint density at radius 2 is 1.80 bits per heavy atom. The number of para-hydroxylation sites is 1. The molecule has 0 saturated carbocycles. The minimum atomic E-state index is -0.170. The molecule has 0 radical (unpaired) electrons. The van der Waals surface area contributed by atoms with Crippen LogP contribution < -0.4 is 5.32 Å². The second-order valence-electron chi connectivity index (χ2n) is 5.84. The molecule has 2 N–H and O–H groups in total. The SMILES string of the molecule is CC(=O)N(CCC(=O)Nc1n[nH]c2ccccc12)Cc1ccccc1. The van der Waals surface area contributed by atoms with Gasteiger partial charge in [-0.3, -0.25) is 14.7 Å². The summed E-state index contributed by atoms with van der Waals surface area (Å²) in [6.07, 6.45) is 0.216. The molecule has 0 atom stereocenters. The van der Waals surface area contributed by atoms with Crippen LogP contribution in [0, 0.1) is 0 Å². The predicted molar refractivity (Wildman–Crippen MR) is 96.9 cm³/mol. The minimum Gasteiger partial charge on any atom is -0.338 e. The van der Waals surface area contributed by atoms with Gasteiger partial charge in [-0.25, -0.2) is 0 Å². The molecule has 128 valence electrons. The first kappa shape index (κ1) is 16.7. The molecule has 0 aliphatic rings. The first-order chi connectivity index (χ1) is 12.1. The van der Waals surface area contributed by atoms with Gasteiger partial charge >= 0.3 is 0 Å². The number of nitrogens with one attached hydrogen (secondary N) is 2. The molecule has 6 heteroatoms. The largest absolute Gasteiger partial charge is 0.338 e. The van der Waals surface area contributed by atoms with E-state index in [1.165, 1.54) is 6.92 Å². The fraction of sp³-hybridized carbons (Fsp3) is 0.211. The lowest BCUT2D eigenvalue weighted by atomic mass is 10.2. The van der Waals surface area contributed by atoms with E-state index >= 15 is 0 Å². The highest BCUT2D eigenvalue weighted by Crippen LogP contribution is 2.19. The van der Waals surface area contributed by atoms with Crippen molar-refractivity contribution in [1.29, 1.82) is 0 Å². The van der Waals surface area contributed by atoms with E-state index in [2.05, 4.69) is 15.5 Å². The van der Waals surface area contributed by atoms with E-state index in [1.54, 1.807) is 4.90 Å². The summed E-state index contributed by atoms with van der Waals surface area (Å²) in [5.41, 5.74) is 1.91. The van der Waals surface area contributed by atoms with Crippen LogP contribution in [0.4, 0.5) is 5.82 Å². The molecular weight excluding hydrogens is 316 g/mol. The van der Waals surface area contributed by atoms with Crippen LogP contribution in [-0.2, 0) is 16.1 Å². The molecule has 0 fully saturated rings. The first-order valence-corrected chi connectivity index (χ1v) is 8.16. The highest BCUT2D eigenvalue weighted by atomic mass is 16.2. The van der Waals surface area contributed by atoms with E-state index in [0.717, 1.165) is 16.5 Å². The molecule has 25 heavy (non-hydrogen) atoms. The molecule has 3 aromatic rings. The van der Waals surface area contributed by atoms with Crippen molar-refractivity contribution in [2.24, 2.45) is 0 Å². The van der Waals surface area contributed by atoms with Gasteiger partial charge in [0.05, 0.1) is 5.52 Å². The Kier molecular flexibility index (Phi) is 5.09. The number of anilines is 1. The van der Waals surface area contributed by atoms with E-state index in [0.29, 0.717) is 18.9 Å². The minimum absolute atomic E-state index is 0.0538. The Morgan fingerprint density at radius 3 is 2.56 bits per heavy atom. The highest BCUT2D eigenvalue weighted by Gasteiger charge is 2.13.